The van der Waals surface area contributed by atoms with E-state index < -0.39 is 11.6 Å². The number of fused-ring (bicyclic) bond motifs is 1. The summed E-state index contributed by atoms with van der Waals surface area (Å²) in [6, 6.07) is 20.1. The average molecular weight is 462 g/mol. The van der Waals surface area contributed by atoms with Gasteiger partial charge in [-0.15, -0.1) is 0 Å². The van der Waals surface area contributed by atoms with Gasteiger partial charge in [-0.2, -0.15) is 0 Å². The molecule has 0 aliphatic carbocycles. The van der Waals surface area contributed by atoms with Crippen LogP contribution in [0.3, 0.4) is 0 Å². The van der Waals surface area contributed by atoms with Crippen LogP contribution in [0.15, 0.2) is 66.7 Å². The van der Waals surface area contributed by atoms with Crippen molar-refractivity contribution in [3.63, 3.8) is 0 Å². The SMILES string of the molecule is CCc1cccc(CNCC(C(N)Cc2cc(F)cc(F)c2)n2c(C)c(C)c3ccccc32)c1. The predicted octanol–water partition coefficient (Wildman–Crippen LogP) is 6.00. The van der Waals surface area contributed by atoms with Gasteiger partial charge in [0.1, 0.15) is 11.6 Å². The molecular weight excluding hydrogens is 428 g/mol. The molecule has 0 saturated carbocycles. The lowest BCUT2D eigenvalue weighted by Crippen LogP contribution is -2.40. The molecule has 0 aliphatic rings. The third-order valence-corrected chi connectivity index (χ3v) is 6.77. The van der Waals surface area contributed by atoms with Gasteiger partial charge >= 0.3 is 0 Å². The molecule has 4 aromatic rings. The standard InChI is InChI=1S/C29H33F2N3/c1-4-21-8-7-9-22(12-21)17-33-18-29(27(32)15-23-13-24(30)16-25(31)14-23)34-20(3)19(2)26-10-5-6-11-28(26)34/h5-14,16,27,29,33H,4,15,17-18,32H2,1-3H3. The van der Waals surface area contributed by atoms with Crippen LogP contribution >= 0.6 is 0 Å². The van der Waals surface area contributed by atoms with E-state index in [2.05, 4.69) is 67.1 Å². The second-order valence-corrected chi connectivity index (χ2v) is 9.11. The second kappa shape index (κ2) is 10.5. The number of halogens is 2. The van der Waals surface area contributed by atoms with Gasteiger partial charge in [0.2, 0.25) is 0 Å². The summed E-state index contributed by atoms with van der Waals surface area (Å²) in [7, 11) is 0. The molecule has 3 nitrogen and oxygen atoms in total. The van der Waals surface area contributed by atoms with Gasteiger partial charge in [-0.05, 0) is 67.1 Å². The number of benzene rings is 3. The third-order valence-electron chi connectivity index (χ3n) is 6.77. The summed E-state index contributed by atoms with van der Waals surface area (Å²) < 4.78 is 30.0. The van der Waals surface area contributed by atoms with Gasteiger partial charge in [0.05, 0.1) is 6.04 Å². The number of nitrogens with zero attached hydrogens (tertiary/aromatic N) is 1. The van der Waals surface area contributed by atoms with Gasteiger partial charge in [0, 0.05) is 41.8 Å². The highest BCUT2D eigenvalue weighted by molar-refractivity contribution is 5.85. The molecule has 3 N–H and O–H groups in total. The first-order chi connectivity index (χ1) is 16.4. The van der Waals surface area contributed by atoms with E-state index in [1.54, 1.807) is 0 Å². The molecule has 3 aromatic carbocycles. The van der Waals surface area contributed by atoms with E-state index in [0.29, 0.717) is 18.5 Å². The van der Waals surface area contributed by atoms with Crippen molar-refractivity contribution in [2.75, 3.05) is 6.54 Å². The highest BCUT2D eigenvalue weighted by Crippen LogP contribution is 2.30. The highest BCUT2D eigenvalue weighted by atomic mass is 19.1. The van der Waals surface area contributed by atoms with E-state index in [9.17, 15) is 8.78 Å². The lowest BCUT2D eigenvalue weighted by Gasteiger charge is -2.29. The summed E-state index contributed by atoms with van der Waals surface area (Å²) in [5.74, 6) is -1.16. The number of para-hydroxylation sites is 1. The van der Waals surface area contributed by atoms with Crippen LogP contribution in [-0.4, -0.2) is 17.2 Å². The molecule has 2 atom stereocenters. The smallest absolute Gasteiger partial charge is 0.126 e. The van der Waals surface area contributed by atoms with E-state index in [0.717, 1.165) is 30.2 Å². The Morgan fingerprint density at radius 1 is 0.882 bits per heavy atom. The Balaban J connectivity index is 1.64. The number of nitrogens with two attached hydrogens (primary N) is 1. The maximum absolute atomic E-state index is 13.8. The predicted molar refractivity (Wildman–Crippen MR) is 136 cm³/mol. The number of nitrogens with one attached hydrogen (secondary N) is 1. The van der Waals surface area contributed by atoms with Crippen LogP contribution in [0.4, 0.5) is 8.78 Å². The Morgan fingerprint density at radius 2 is 1.59 bits per heavy atom. The van der Waals surface area contributed by atoms with Crippen molar-refractivity contribution in [2.45, 2.75) is 52.2 Å². The first-order valence-electron chi connectivity index (χ1n) is 11.9. The Morgan fingerprint density at radius 3 is 2.32 bits per heavy atom. The van der Waals surface area contributed by atoms with Crippen molar-refractivity contribution in [3.8, 4) is 0 Å². The Labute approximate surface area is 200 Å². The van der Waals surface area contributed by atoms with Gasteiger partial charge in [-0.3, -0.25) is 0 Å². The number of hydrogen-bond acceptors (Lipinski definition) is 2. The molecule has 4 rings (SSSR count). The molecular formula is C29H33F2N3. The average Bonchev–Trinajstić information content (AvgIpc) is 3.06. The largest absolute Gasteiger partial charge is 0.339 e. The van der Waals surface area contributed by atoms with Crippen molar-refractivity contribution in [3.05, 3.63) is 106 Å². The van der Waals surface area contributed by atoms with Crippen molar-refractivity contribution >= 4 is 10.9 Å². The van der Waals surface area contributed by atoms with Gasteiger partial charge in [-0.25, -0.2) is 8.78 Å². The summed E-state index contributed by atoms with van der Waals surface area (Å²) in [5, 5.41) is 4.79. The van der Waals surface area contributed by atoms with Crippen LogP contribution in [0.1, 0.15) is 40.9 Å². The minimum Gasteiger partial charge on any atom is -0.339 e. The highest BCUT2D eigenvalue weighted by Gasteiger charge is 2.25. The lowest BCUT2D eigenvalue weighted by atomic mass is 9.99. The molecule has 2 unspecified atom stereocenters. The molecule has 0 aliphatic heterocycles. The summed E-state index contributed by atoms with van der Waals surface area (Å²) in [6.07, 6.45) is 1.37. The van der Waals surface area contributed by atoms with Gasteiger partial charge < -0.3 is 15.6 Å². The molecule has 0 radical (unpaired) electrons. The second-order valence-electron chi connectivity index (χ2n) is 9.11. The number of aromatic nitrogens is 1. The summed E-state index contributed by atoms with van der Waals surface area (Å²) in [4.78, 5) is 0. The van der Waals surface area contributed by atoms with Crippen LogP contribution in [0.5, 0.6) is 0 Å². The maximum atomic E-state index is 13.8. The van der Waals surface area contributed by atoms with Crippen LogP contribution < -0.4 is 11.1 Å². The lowest BCUT2D eigenvalue weighted by molar-refractivity contribution is 0.385. The van der Waals surface area contributed by atoms with E-state index in [-0.39, 0.29) is 12.1 Å². The summed E-state index contributed by atoms with van der Waals surface area (Å²) >= 11 is 0. The molecule has 0 spiro atoms. The number of hydrogen-bond donors (Lipinski definition) is 2. The first-order valence-corrected chi connectivity index (χ1v) is 11.9. The Kier molecular flexibility index (Phi) is 7.44. The van der Waals surface area contributed by atoms with Crippen LogP contribution in [0, 0.1) is 25.5 Å². The van der Waals surface area contributed by atoms with Crippen LogP contribution in [-0.2, 0) is 19.4 Å². The zero-order chi connectivity index (χ0) is 24.2. The molecule has 0 fully saturated rings. The quantitative estimate of drug-likeness (QED) is 0.321. The van der Waals surface area contributed by atoms with Gasteiger partial charge in [-0.1, -0.05) is 49.4 Å². The molecule has 1 heterocycles. The molecule has 0 amide bonds. The number of aryl methyl sites for hydroxylation is 2. The fourth-order valence-corrected chi connectivity index (χ4v) is 4.88. The topological polar surface area (TPSA) is 43.0 Å². The minimum atomic E-state index is -0.578. The monoisotopic (exact) mass is 461 g/mol. The van der Waals surface area contributed by atoms with Crippen molar-refractivity contribution in [1.29, 1.82) is 0 Å². The minimum absolute atomic E-state index is 0.0979. The zero-order valence-corrected chi connectivity index (χ0v) is 20.1. The van der Waals surface area contributed by atoms with Crippen molar-refractivity contribution < 1.29 is 8.78 Å². The molecule has 5 heteroatoms. The Hall–Kier alpha value is -3.02. The zero-order valence-electron chi connectivity index (χ0n) is 20.1. The molecule has 0 bridgehead atoms. The van der Waals surface area contributed by atoms with Crippen molar-refractivity contribution in [2.24, 2.45) is 5.73 Å². The van der Waals surface area contributed by atoms with E-state index in [4.69, 9.17) is 5.73 Å². The Bertz CT molecular complexity index is 1260. The van der Waals surface area contributed by atoms with E-state index in [1.807, 2.05) is 12.1 Å². The summed E-state index contributed by atoms with van der Waals surface area (Å²) in [6.45, 7) is 7.75. The fourth-order valence-electron chi connectivity index (χ4n) is 4.88. The molecule has 0 saturated heterocycles. The molecule has 34 heavy (non-hydrogen) atoms. The van der Waals surface area contributed by atoms with Crippen LogP contribution in [0.25, 0.3) is 10.9 Å². The summed E-state index contributed by atoms with van der Waals surface area (Å²) in [5.41, 5.74) is 13.4. The normalized spacial score (nSPS) is 13.4. The number of rotatable bonds is 9. The first kappa shape index (κ1) is 24.1. The van der Waals surface area contributed by atoms with E-state index in [1.165, 1.54) is 34.2 Å². The molecule has 1 aromatic heterocycles. The maximum Gasteiger partial charge on any atom is 0.126 e. The van der Waals surface area contributed by atoms with E-state index >= 15 is 0 Å². The van der Waals surface area contributed by atoms with Crippen molar-refractivity contribution in [1.82, 2.24) is 9.88 Å². The fraction of sp³-hybridized carbons (Fsp3) is 0.310. The van der Waals surface area contributed by atoms with Crippen LogP contribution in [0.2, 0.25) is 0 Å². The third kappa shape index (κ3) is 5.21. The molecule has 178 valence electrons. The van der Waals surface area contributed by atoms with Gasteiger partial charge in [0.25, 0.3) is 0 Å². The van der Waals surface area contributed by atoms with Gasteiger partial charge in [0.15, 0.2) is 0 Å².